The molecule has 5 heteroatoms. The average molecular weight is 234 g/mol. The summed E-state index contributed by atoms with van der Waals surface area (Å²) in [6, 6.07) is 4.73. The molecule has 74 valence electrons. The number of hydrogen-bond acceptors (Lipinski definition) is 2. The highest BCUT2D eigenvalue weighted by Crippen LogP contribution is 2.40. The molecule has 0 unspecified atom stereocenters. The van der Waals surface area contributed by atoms with Crippen LogP contribution in [0.2, 0.25) is 0 Å². The monoisotopic (exact) mass is 234 g/mol. The highest BCUT2D eigenvalue weighted by molar-refractivity contribution is 7.80. The number of benzene rings is 1. The molecule has 0 nitrogen and oxygen atoms in total. The molecule has 2 aromatic rings. The third kappa shape index (κ3) is 1.50. The standard InChI is InChI=1S/C9H5F3S2/c10-9(11,12)6-4-14-8-5(6)2-1-3-7(8)13/h1-4,13H. The third-order valence-electron chi connectivity index (χ3n) is 1.88. The van der Waals surface area contributed by atoms with Crippen LogP contribution in [0.3, 0.4) is 0 Å². The Morgan fingerprint density at radius 2 is 1.93 bits per heavy atom. The molecule has 0 fully saturated rings. The van der Waals surface area contributed by atoms with E-state index in [-0.39, 0.29) is 5.39 Å². The molecule has 14 heavy (non-hydrogen) atoms. The number of thiophene rings is 1. The van der Waals surface area contributed by atoms with Gasteiger partial charge in [0.2, 0.25) is 0 Å². The molecule has 2 rings (SSSR count). The van der Waals surface area contributed by atoms with Crippen molar-refractivity contribution >= 4 is 34.1 Å². The highest BCUT2D eigenvalue weighted by atomic mass is 32.1. The highest BCUT2D eigenvalue weighted by Gasteiger charge is 2.33. The number of halogens is 3. The van der Waals surface area contributed by atoms with Gasteiger partial charge in [0.25, 0.3) is 0 Å². The second kappa shape index (κ2) is 3.17. The second-order valence-electron chi connectivity index (χ2n) is 2.80. The quantitative estimate of drug-likeness (QED) is 0.648. The van der Waals surface area contributed by atoms with Gasteiger partial charge >= 0.3 is 6.18 Å². The lowest BCUT2D eigenvalue weighted by atomic mass is 10.2. The van der Waals surface area contributed by atoms with Gasteiger partial charge in [-0.2, -0.15) is 13.2 Å². The van der Waals surface area contributed by atoms with Crippen molar-refractivity contribution in [2.45, 2.75) is 11.1 Å². The smallest absolute Gasteiger partial charge is 0.166 e. The SMILES string of the molecule is FC(F)(F)c1csc2c(S)cccc12. The predicted octanol–water partition coefficient (Wildman–Crippen LogP) is 4.21. The second-order valence-corrected chi connectivity index (χ2v) is 4.16. The maximum atomic E-state index is 12.5. The van der Waals surface area contributed by atoms with Gasteiger partial charge in [0.1, 0.15) is 0 Å². The zero-order valence-corrected chi connectivity index (χ0v) is 8.51. The van der Waals surface area contributed by atoms with Crippen LogP contribution >= 0.6 is 24.0 Å². The molecule has 1 aromatic carbocycles. The van der Waals surface area contributed by atoms with E-state index >= 15 is 0 Å². The fraction of sp³-hybridized carbons (Fsp3) is 0.111. The van der Waals surface area contributed by atoms with Gasteiger partial charge in [-0.3, -0.25) is 0 Å². The van der Waals surface area contributed by atoms with E-state index in [2.05, 4.69) is 12.6 Å². The Kier molecular flexibility index (Phi) is 2.23. The fourth-order valence-electron chi connectivity index (χ4n) is 1.26. The Labute approximate surface area is 87.8 Å². The first kappa shape index (κ1) is 9.86. The van der Waals surface area contributed by atoms with Crippen molar-refractivity contribution in [2.75, 3.05) is 0 Å². The third-order valence-corrected chi connectivity index (χ3v) is 3.44. The van der Waals surface area contributed by atoms with Crippen LogP contribution in [0.25, 0.3) is 10.1 Å². The molecule has 0 saturated carbocycles. The minimum atomic E-state index is -4.28. The molecule has 0 radical (unpaired) electrons. The first-order chi connectivity index (χ1) is 6.50. The lowest BCUT2D eigenvalue weighted by molar-refractivity contribution is -0.136. The zero-order valence-electron chi connectivity index (χ0n) is 6.80. The van der Waals surface area contributed by atoms with Crippen LogP contribution in [0.15, 0.2) is 28.5 Å². The molecule has 1 heterocycles. The fourth-order valence-corrected chi connectivity index (χ4v) is 2.62. The van der Waals surface area contributed by atoms with Crippen LogP contribution in [0.1, 0.15) is 5.56 Å². The van der Waals surface area contributed by atoms with Crippen molar-refractivity contribution in [2.24, 2.45) is 0 Å². The Balaban J connectivity index is 2.76. The van der Waals surface area contributed by atoms with Crippen LogP contribution in [0.5, 0.6) is 0 Å². The van der Waals surface area contributed by atoms with Gasteiger partial charge in [-0.15, -0.1) is 24.0 Å². The molecular formula is C9H5F3S2. The van der Waals surface area contributed by atoms with Crippen molar-refractivity contribution < 1.29 is 13.2 Å². The van der Waals surface area contributed by atoms with E-state index in [1.165, 1.54) is 6.07 Å². The molecule has 0 aliphatic heterocycles. The van der Waals surface area contributed by atoms with Crippen LogP contribution in [0, 0.1) is 0 Å². The van der Waals surface area contributed by atoms with E-state index in [4.69, 9.17) is 0 Å². The first-order valence-electron chi connectivity index (χ1n) is 3.76. The molecular weight excluding hydrogens is 229 g/mol. The Morgan fingerprint density at radius 3 is 2.57 bits per heavy atom. The summed E-state index contributed by atoms with van der Waals surface area (Å²) in [6.07, 6.45) is -4.28. The lowest BCUT2D eigenvalue weighted by Crippen LogP contribution is -2.02. The zero-order chi connectivity index (χ0) is 10.3. The number of alkyl halides is 3. The number of fused-ring (bicyclic) bond motifs is 1. The Morgan fingerprint density at radius 1 is 1.21 bits per heavy atom. The van der Waals surface area contributed by atoms with Gasteiger partial charge in [-0.05, 0) is 6.07 Å². The summed E-state index contributed by atoms with van der Waals surface area (Å²) in [6.45, 7) is 0. The van der Waals surface area contributed by atoms with Gasteiger partial charge < -0.3 is 0 Å². The topological polar surface area (TPSA) is 0 Å². The summed E-state index contributed by atoms with van der Waals surface area (Å²) in [4.78, 5) is 0.586. The maximum Gasteiger partial charge on any atom is 0.417 e. The average Bonchev–Trinajstić information content (AvgIpc) is 2.47. The van der Waals surface area contributed by atoms with Crippen molar-refractivity contribution in [1.29, 1.82) is 0 Å². The summed E-state index contributed by atoms with van der Waals surface area (Å²) in [5.74, 6) is 0. The molecule has 1 aromatic heterocycles. The van der Waals surface area contributed by atoms with E-state index in [0.29, 0.717) is 9.60 Å². The number of thiol groups is 1. The lowest BCUT2D eigenvalue weighted by Gasteiger charge is -2.04. The summed E-state index contributed by atoms with van der Waals surface area (Å²) < 4.78 is 38.0. The van der Waals surface area contributed by atoms with Crippen molar-refractivity contribution in [1.82, 2.24) is 0 Å². The molecule has 0 N–H and O–H groups in total. The van der Waals surface area contributed by atoms with Gasteiger partial charge in [0, 0.05) is 20.4 Å². The molecule has 0 spiro atoms. The molecule has 0 aliphatic rings. The van der Waals surface area contributed by atoms with E-state index in [0.717, 1.165) is 16.7 Å². The minimum Gasteiger partial charge on any atom is -0.166 e. The summed E-state index contributed by atoms with van der Waals surface area (Å²) >= 11 is 5.17. The summed E-state index contributed by atoms with van der Waals surface area (Å²) in [5, 5.41) is 1.36. The number of hydrogen-bond donors (Lipinski definition) is 1. The van der Waals surface area contributed by atoms with Crippen LogP contribution in [-0.4, -0.2) is 0 Å². The van der Waals surface area contributed by atoms with E-state index in [1.807, 2.05) is 0 Å². The Bertz CT molecular complexity index is 470. The van der Waals surface area contributed by atoms with Crippen molar-refractivity contribution in [3.8, 4) is 0 Å². The van der Waals surface area contributed by atoms with Gasteiger partial charge in [-0.25, -0.2) is 0 Å². The van der Waals surface area contributed by atoms with E-state index in [9.17, 15) is 13.2 Å². The van der Waals surface area contributed by atoms with Crippen LogP contribution < -0.4 is 0 Å². The van der Waals surface area contributed by atoms with E-state index < -0.39 is 11.7 Å². The molecule has 0 bridgehead atoms. The van der Waals surface area contributed by atoms with Gasteiger partial charge in [0.05, 0.1) is 5.56 Å². The van der Waals surface area contributed by atoms with Gasteiger partial charge in [0.15, 0.2) is 0 Å². The van der Waals surface area contributed by atoms with Crippen LogP contribution in [-0.2, 0) is 6.18 Å². The Hall–Kier alpha value is -0.680. The predicted molar refractivity (Wildman–Crippen MR) is 54.1 cm³/mol. The van der Waals surface area contributed by atoms with Crippen molar-refractivity contribution in [3.05, 3.63) is 29.1 Å². The van der Waals surface area contributed by atoms with E-state index in [1.54, 1.807) is 12.1 Å². The summed E-state index contributed by atoms with van der Waals surface area (Å²) in [7, 11) is 0. The normalized spacial score (nSPS) is 12.3. The summed E-state index contributed by atoms with van der Waals surface area (Å²) in [5.41, 5.74) is -0.576. The number of rotatable bonds is 0. The van der Waals surface area contributed by atoms with Crippen molar-refractivity contribution in [3.63, 3.8) is 0 Å². The molecule has 0 amide bonds. The molecule has 0 saturated heterocycles. The minimum absolute atomic E-state index is 0.231. The van der Waals surface area contributed by atoms with Crippen LogP contribution in [0.4, 0.5) is 13.2 Å². The largest absolute Gasteiger partial charge is 0.417 e. The maximum absolute atomic E-state index is 12.5. The first-order valence-corrected chi connectivity index (χ1v) is 5.09. The van der Waals surface area contributed by atoms with Gasteiger partial charge in [-0.1, -0.05) is 12.1 Å². The molecule has 0 atom stereocenters. The molecule has 0 aliphatic carbocycles.